The third-order valence-corrected chi connectivity index (χ3v) is 7.49. The van der Waals surface area contributed by atoms with Crippen LogP contribution >= 0.6 is 0 Å². The van der Waals surface area contributed by atoms with Gasteiger partial charge in [-0.1, -0.05) is 42.5 Å². The molecule has 0 unspecified atom stereocenters. The van der Waals surface area contributed by atoms with Crippen molar-refractivity contribution in [2.24, 2.45) is 0 Å². The smallest absolute Gasteiger partial charge is 0.207 e. The predicted molar refractivity (Wildman–Crippen MR) is 95.6 cm³/mol. The quantitative estimate of drug-likeness (QED) is 0.629. The van der Waals surface area contributed by atoms with Gasteiger partial charge in [-0.05, 0) is 36.4 Å². The first-order valence-electron chi connectivity index (χ1n) is 7.57. The Kier molecular flexibility index (Phi) is 4.76. The molecule has 0 aliphatic rings. The molecule has 0 aliphatic heterocycles. The second-order valence-corrected chi connectivity index (χ2v) is 9.25. The molecule has 0 amide bonds. The molecule has 3 rings (SSSR count). The molecule has 132 valence electrons. The summed E-state index contributed by atoms with van der Waals surface area (Å²) in [5.41, 5.74) is -0.375. The van der Waals surface area contributed by atoms with E-state index in [2.05, 4.69) is 0 Å². The minimum Gasteiger partial charge on any atom is -0.298 e. The predicted octanol–water partition coefficient (Wildman–Crippen LogP) is 3.16. The SMILES string of the molecule is O=Cc1c(S(=O)(=O)c2ccccc2)cccc1S(=O)(=O)c1ccccc1. The first-order chi connectivity index (χ1) is 12.4. The van der Waals surface area contributed by atoms with Crippen LogP contribution in [0.1, 0.15) is 10.4 Å². The summed E-state index contributed by atoms with van der Waals surface area (Å²) >= 11 is 0. The Labute approximate surface area is 151 Å². The first-order valence-corrected chi connectivity index (χ1v) is 10.5. The van der Waals surface area contributed by atoms with E-state index < -0.39 is 19.7 Å². The van der Waals surface area contributed by atoms with Crippen LogP contribution < -0.4 is 0 Å². The summed E-state index contributed by atoms with van der Waals surface area (Å²) in [5.74, 6) is 0. The Morgan fingerprint density at radius 2 is 0.923 bits per heavy atom. The molecule has 0 saturated carbocycles. The Morgan fingerprint density at radius 3 is 1.27 bits per heavy atom. The van der Waals surface area contributed by atoms with Crippen molar-refractivity contribution in [3.05, 3.63) is 84.4 Å². The Balaban J connectivity index is 2.27. The van der Waals surface area contributed by atoms with Crippen LogP contribution in [0.15, 0.2) is 98.4 Å². The number of rotatable bonds is 5. The molecular formula is C19H14O5S2. The molecule has 0 radical (unpaired) electrons. The summed E-state index contributed by atoms with van der Waals surface area (Å²) in [6.45, 7) is 0. The van der Waals surface area contributed by atoms with Crippen molar-refractivity contribution in [2.45, 2.75) is 19.6 Å². The van der Waals surface area contributed by atoms with Crippen molar-refractivity contribution in [1.29, 1.82) is 0 Å². The van der Waals surface area contributed by atoms with Crippen molar-refractivity contribution >= 4 is 26.0 Å². The van der Waals surface area contributed by atoms with E-state index in [-0.39, 0.29) is 31.4 Å². The van der Waals surface area contributed by atoms with E-state index in [9.17, 15) is 21.6 Å². The van der Waals surface area contributed by atoms with E-state index >= 15 is 0 Å². The molecule has 3 aromatic carbocycles. The maximum absolute atomic E-state index is 12.9. The van der Waals surface area contributed by atoms with Crippen LogP contribution in [-0.4, -0.2) is 23.1 Å². The largest absolute Gasteiger partial charge is 0.298 e. The fourth-order valence-electron chi connectivity index (χ4n) is 2.56. The van der Waals surface area contributed by atoms with Crippen molar-refractivity contribution in [3.63, 3.8) is 0 Å². The minimum atomic E-state index is -4.04. The second kappa shape index (κ2) is 6.86. The van der Waals surface area contributed by atoms with Crippen LogP contribution in [0.3, 0.4) is 0 Å². The molecule has 0 saturated heterocycles. The Bertz CT molecular complexity index is 1060. The van der Waals surface area contributed by atoms with Crippen LogP contribution in [0.25, 0.3) is 0 Å². The van der Waals surface area contributed by atoms with E-state index in [1.807, 2.05) is 0 Å². The molecule has 0 spiro atoms. The van der Waals surface area contributed by atoms with Gasteiger partial charge in [-0.25, -0.2) is 16.8 Å². The molecule has 0 atom stereocenters. The van der Waals surface area contributed by atoms with Crippen LogP contribution in [0.5, 0.6) is 0 Å². The highest BCUT2D eigenvalue weighted by Gasteiger charge is 2.28. The third kappa shape index (κ3) is 3.07. The van der Waals surface area contributed by atoms with Gasteiger partial charge in [0.25, 0.3) is 0 Å². The molecule has 5 nitrogen and oxygen atoms in total. The van der Waals surface area contributed by atoms with E-state index in [0.29, 0.717) is 0 Å². The lowest BCUT2D eigenvalue weighted by molar-refractivity contribution is 0.111. The van der Waals surface area contributed by atoms with Gasteiger partial charge in [0.15, 0.2) is 6.29 Å². The van der Waals surface area contributed by atoms with Gasteiger partial charge in [0.05, 0.1) is 25.1 Å². The summed E-state index contributed by atoms with van der Waals surface area (Å²) in [7, 11) is -8.08. The highest BCUT2D eigenvalue weighted by molar-refractivity contribution is 7.92. The number of carbonyl (C=O) groups excluding carboxylic acids is 1. The molecule has 0 aromatic heterocycles. The maximum Gasteiger partial charge on any atom is 0.207 e. The minimum absolute atomic E-state index is 0.0163. The van der Waals surface area contributed by atoms with Gasteiger partial charge in [-0.2, -0.15) is 0 Å². The summed E-state index contributed by atoms with van der Waals surface area (Å²) in [4.78, 5) is 11.0. The first kappa shape index (κ1) is 18.0. The third-order valence-electron chi connectivity index (χ3n) is 3.83. The van der Waals surface area contributed by atoms with Crippen molar-refractivity contribution in [2.75, 3.05) is 0 Å². The van der Waals surface area contributed by atoms with Crippen molar-refractivity contribution in [3.8, 4) is 0 Å². The molecule has 3 aromatic rings. The molecule has 7 heteroatoms. The summed E-state index contributed by atoms with van der Waals surface area (Å²) in [6.07, 6.45) is 0.269. The van der Waals surface area contributed by atoms with Gasteiger partial charge < -0.3 is 0 Å². The highest BCUT2D eigenvalue weighted by Crippen LogP contribution is 2.30. The summed E-state index contributed by atoms with van der Waals surface area (Å²) in [6, 6.07) is 18.9. The summed E-state index contributed by atoms with van der Waals surface area (Å²) in [5, 5.41) is 0. The highest BCUT2D eigenvalue weighted by atomic mass is 32.2. The fourth-order valence-corrected chi connectivity index (χ4v) is 5.58. The molecule has 0 fully saturated rings. The van der Waals surface area contributed by atoms with E-state index in [4.69, 9.17) is 0 Å². The normalized spacial score (nSPS) is 11.8. The van der Waals surface area contributed by atoms with Crippen LogP contribution in [-0.2, 0) is 19.7 Å². The van der Waals surface area contributed by atoms with E-state index in [1.54, 1.807) is 36.4 Å². The number of carbonyl (C=O) groups is 1. The zero-order chi connectivity index (χ0) is 18.8. The van der Waals surface area contributed by atoms with Crippen molar-refractivity contribution in [1.82, 2.24) is 0 Å². The van der Waals surface area contributed by atoms with Gasteiger partial charge >= 0.3 is 0 Å². The molecule has 0 N–H and O–H groups in total. The molecular weight excluding hydrogens is 372 g/mol. The monoisotopic (exact) mass is 386 g/mol. The van der Waals surface area contributed by atoms with Crippen LogP contribution in [0.2, 0.25) is 0 Å². The van der Waals surface area contributed by atoms with Crippen molar-refractivity contribution < 1.29 is 21.6 Å². The molecule has 0 heterocycles. The fraction of sp³-hybridized carbons (Fsp3) is 0. The zero-order valence-electron chi connectivity index (χ0n) is 13.4. The Hall–Kier alpha value is -2.77. The number of aldehydes is 1. The standard InChI is InChI=1S/C19H14O5S2/c20-14-17-18(25(21,22)15-8-3-1-4-9-15)12-7-13-19(17)26(23,24)16-10-5-2-6-11-16/h1-14H. The van der Waals surface area contributed by atoms with Gasteiger partial charge in [-0.15, -0.1) is 0 Å². The van der Waals surface area contributed by atoms with E-state index in [1.165, 1.54) is 42.5 Å². The molecule has 0 bridgehead atoms. The zero-order valence-corrected chi connectivity index (χ0v) is 15.1. The van der Waals surface area contributed by atoms with Gasteiger partial charge in [0.2, 0.25) is 19.7 Å². The number of hydrogen-bond acceptors (Lipinski definition) is 5. The van der Waals surface area contributed by atoms with E-state index in [0.717, 1.165) is 0 Å². The number of hydrogen-bond donors (Lipinski definition) is 0. The molecule has 0 aliphatic carbocycles. The van der Waals surface area contributed by atoms with Crippen LogP contribution in [0, 0.1) is 0 Å². The summed E-state index contributed by atoms with van der Waals surface area (Å²) < 4.78 is 51.5. The topological polar surface area (TPSA) is 85.3 Å². The maximum atomic E-state index is 12.9. The van der Waals surface area contributed by atoms with Gasteiger partial charge in [0.1, 0.15) is 0 Å². The van der Waals surface area contributed by atoms with Gasteiger partial charge in [0, 0.05) is 0 Å². The number of sulfone groups is 2. The Morgan fingerprint density at radius 1 is 0.538 bits per heavy atom. The second-order valence-electron chi connectivity index (χ2n) is 5.42. The lowest BCUT2D eigenvalue weighted by Crippen LogP contribution is -2.11. The average Bonchev–Trinajstić information content (AvgIpc) is 2.68. The molecule has 26 heavy (non-hydrogen) atoms. The van der Waals surface area contributed by atoms with Crippen LogP contribution in [0.4, 0.5) is 0 Å². The average molecular weight is 386 g/mol. The lowest BCUT2D eigenvalue weighted by Gasteiger charge is -2.12. The number of benzene rings is 3. The van der Waals surface area contributed by atoms with Gasteiger partial charge in [-0.3, -0.25) is 4.79 Å². The lowest BCUT2D eigenvalue weighted by atomic mass is 10.2.